The zero-order valence-corrected chi connectivity index (χ0v) is 27.0. The predicted molar refractivity (Wildman–Crippen MR) is 178 cm³/mol. The molecule has 45 heavy (non-hydrogen) atoms. The topological polar surface area (TPSA) is 90.4 Å². The van der Waals surface area contributed by atoms with Crippen molar-refractivity contribution in [2.75, 3.05) is 37.7 Å². The third kappa shape index (κ3) is 5.72. The standard InChI is InChI=1S/C37H49N3O5/c1-5-21-38(22-6-2)33(42)30-31-34(43)40(24-13-9-10-14-25-41)32(37(31)20-19-36(30,8-4)45-37)35(44)39(23-7-3)29-18-17-27-15-11-12-16-28(27)26-29/h5,7,11-12,15-18,26,30-32,41H,1,3,6,8-10,13-14,19-25H2,2,4H3/t30-,31+,32?,36+,37?/m1/s1. The molecule has 3 amide bonds. The molecule has 8 nitrogen and oxygen atoms in total. The molecular formula is C37H49N3O5. The summed E-state index contributed by atoms with van der Waals surface area (Å²) in [6.07, 6.45) is 9.07. The number of ether oxygens (including phenoxy) is 1. The maximum Gasteiger partial charge on any atom is 0.253 e. The van der Waals surface area contributed by atoms with Crippen molar-refractivity contribution in [3.8, 4) is 0 Å². The zero-order chi connectivity index (χ0) is 32.2. The normalized spacial score (nSPS) is 26.7. The van der Waals surface area contributed by atoms with Crippen LogP contribution in [0.1, 0.15) is 65.2 Å². The van der Waals surface area contributed by atoms with E-state index in [1.807, 2.05) is 56.3 Å². The van der Waals surface area contributed by atoms with E-state index in [1.165, 1.54) is 0 Å². The number of benzene rings is 2. The number of carbonyl (C=O) groups excluding carboxylic acids is 3. The van der Waals surface area contributed by atoms with Crippen LogP contribution < -0.4 is 4.90 Å². The molecule has 3 fully saturated rings. The van der Waals surface area contributed by atoms with E-state index < -0.39 is 29.1 Å². The number of rotatable bonds is 16. The van der Waals surface area contributed by atoms with Crippen LogP contribution in [-0.4, -0.2) is 82.7 Å². The summed E-state index contributed by atoms with van der Waals surface area (Å²) in [5.41, 5.74) is -1.14. The summed E-state index contributed by atoms with van der Waals surface area (Å²) in [5.74, 6) is -1.81. The summed E-state index contributed by atoms with van der Waals surface area (Å²) in [6.45, 7) is 13.7. The fourth-order valence-electron chi connectivity index (χ4n) is 8.22. The maximum atomic E-state index is 15.0. The summed E-state index contributed by atoms with van der Waals surface area (Å²) >= 11 is 0. The first kappa shape index (κ1) is 32.9. The molecule has 3 aliphatic rings. The average molecular weight is 616 g/mol. The van der Waals surface area contributed by atoms with E-state index >= 15 is 0 Å². The number of likely N-dealkylation sites (tertiary alicyclic amines) is 1. The molecule has 0 aliphatic carbocycles. The molecule has 0 saturated carbocycles. The molecule has 3 saturated heterocycles. The van der Waals surface area contributed by atoms with Gasteiger partial charge in [0.25, 0.3) is 5.91 Å². The lowest BCUT2D eigenvalue weighted by Crippen LogP contribution is -2.56. The van der Waals surface area contributed by atoms with Gasteiger partial charge in [0.15, 0.2) is 0 Å². The molecular weight excluding hydrogens is 566 g/mol. The number of hydrogen-bond donors (Lipinski definition) is 1. The Morgan fingerprint density at radius 1 is 1.00 bits per heavy atom. The van der Waals surface area contributed by atoms with Crippen molar-refractivity contribution in [3.05, 3.63) is 67.8 Å². The zero-order valence-electron chi connectivity index (χ0n) is 27.0. The van der Waals surface area contributed by atoms with E-state index in [4.69, 9.17) is 4.74 Å². The smallest absolute Gasteiger partial charge is 0.253 e. The van der Waals surface area contributed by atoms with Gasteiger partial charge < -0.3 is 24.5 Å². The van der Waals surface area contributed by atoms with Crippen LogP contribution in [0.2, 0.25) is 0 Å². The number of aliphatic hydroxyl groups is 1. The van der Waals surface area contributed by atoms with E-state index in [-0.39, 0.29) is 30.9 Å². The summed E-state index contributed by atoms with van der Waals surface area (Å²) in [7, 11) is 0. The van der Waals surface area contributed by atoms with E-state index in [0.717, 1.165) is 35.7 Å². The minimum Gasteiger partial charge on any atom is -0.396 e. The lowest BCUT2D eigenvalue weighted by Gasteiger charge is -2.37. The molecule has 8 heteroatoms. The van der Waals surface area contributed by atoms with Crippen LogP contribution in [0.3, 0.4) is 0 Å². The Balaban J connectivity index is 1.57. The van der Waals surface area contributed by atoms with Crippen molar-refractivity contribution >= 4 is 34.2 Å². The molecule has 2 aromatic carbocycles. The van der Waals surface area contributed by atoms with Gasteiger partial charge >= 0.3 is 0 Å². The highest BCUT2D eigenvalue weighted by Crippen LogP contribution is 2.64. The Labute approximate surface area is 267 Å². The van der Waals surface area contributed by atoms with Crippen LogP contribution in [-0.2, 0) is 19.1 Å². The van der Waals surface area contributed by atoms with Crippen LogP contribution in [0.25, 0.3) is 10.8 Å². The number of carbonyl (C=O) groups is 3. The second kappa shape index (κ2) is 13.9. The quantitative estimate of drug-likeness (QED) is 0.199. The number of unbranched alkanes of at least 4 members (excludes halogenated alkanes) is 3. The molecule has 2 aromatic rings. The summed E-state index contributed by atoms with van der Waals surface area (Å²) < 4.78 is 7.03. The average Bonchev–Trinajstić information content (AvgIpc) is 3.66. The molecule has 0 radical (unpaired) electrons. The SMILES string of the molecule is C=CCN(CCC)C(=O)[C@H]1[C@H]2C(=O)N(CCCCCCO)C(C(=O)N(CC=C)c3ccc4ccccc4c3)C23CC[C@]1(CC)O3. The van der Waals surface area contributed by atoms with Crippen LogP contribution in [0.15, 0.2) is 67.8 Å². The Morgan fingerprint density at radius 3 is 2.42 bits per heavy atom. The van der Waals surface area contributed by atoms with E-state index in [0.29, 0.717) is 51.7 Å². The Kier molecular flexibility index (Phi) is 10.1. The first-order valence-corrected chi connectivity index (χ1v) is 16.7. The van der Waals surface area contributed by atoms with E-state index in [9.17, 15) is 19.5 Å². The summed E-state index contributed by atoms with van der Waals surface area (Å²) in [5, 5.41) is 11.4. The highest BCUT2D eigenvalue weighted by atomic mass is 16.5. The molecule has 1 N–H and O–H groups in total. The molecule has 5 atom stereocenters. The van der Waals surface area contributed by atoms with Crippen LogP contribution in [0.5, 0.6) is 0 Å². The van der Waals surface area contributed by atoms with Crippen LogP contribution >= 0.6 is 0 Å². The van der Waals surface area contributed by atoms with Gasteiger partial charge in [-0.15, -0.1) is 13.2 Å². The largest absolute Gasteiger partial charge is 0.396 e. The monoisotopic (exact) mass is 615 g/mol. The fraction of sp³-hybridized carbons (Fsp3) is 0.541. The van der Waals surface area contributed by atoms with Gasteiger partial charge in [0, 0.05) is 38.5 Å². The number of fused-ring (bicyclic) bond motifs is 2. The van der Waals surface area contributed by atoms with Crippen molar-refractivity contribution in [1.82, 2.24) is 9.80 Å². The molecule has 3 aliphatic heterocycles. The van der Waals surface area contributed by atoms with Crippen LogP contribution in [0.4, 0.5) is 5.69 Å². The van der Waals surface area contributed by atoms with E-state index in [2.05, 4.69) is 13.2 Å². The molecule has 242 valence electrons. The predicted octanol–water partition coefficient (Wildman–Crippen LogP) is 5.49. The van der Waals surface area contributed by atoms with Crippen molar-refractivity contribution in [3.63, 3.8) is 0 Å². The van der Waals surface area contributed by atoms with Gasteiger partial charge in [-0.1, -0.05) is 69.2 Å². The second-order valence-corrected chi connectivity index (χ2v) is 12.8. The molecule has 5 rings (SSSR count). The lowest BCUT2D eigenvalue weighted by atomic mass is 9.64. The van der Waals surface area contributed by atoms with Crippen molar-refractivity contribution < 1.29 is 24.2 Å². The lowest BCUT2D eigenvalue weighted by molar-refractivity contribution is -0.151. The number of hydrogen-bond acceptors (Lipinski definition) is 5. The third-order valence-corrected chi connectivity index (χ3v) is 10.3. The van der Waals surface area contributed by atoms with Gasteiger partial charge in [0.2, 0.25) is 11.8 Å². The maximum absolute atomic E-state index is 15.0. The highest BCUT2D eigenvalue weighted by Gasteiger charge is 2.79. The van der Waals surface area contributed by atoms with E-state index in [1.54, 1.807) is 26.9 Å². The van der Waals surface area contributed by atoms with Gasteiger partial charge in [-0.05, 0) is 61.4 Å². The van der Waals surface area contributed by atoms with Gasteiger partial charge in [0.05, 0.1) is 17.4 Å². The third-order valence-electron chi connectivity index (χ3n) is 10.3. The molecule has 2 unspecified atom stereocenters. The van der Waals surface area contributed by atoms with Crippen LogP contribution in [0, 0.1) is 11.8 Å². The summed E-state index contributed by atoms with van der Waals surface area (Å²) in [4.78, 5) is 49.2. The number of nitrogens with zero attached hydrogens (tertiary/aromatic N) is 3. The first-order chi connectivity index (χ1) is 21.8. The van der Waals surface area contributed by atoms with Gasteiger partial charge in [-0.2, -0.15) is 0 Å². The van der Waals surface area contributed by atoms with Crippen molar-refractivity contribution in [2.45, 2.75) is 82.5 Å². The van der Waals surface area contributed by atoms with Gasteiger partial charge in [0.1, 0.15) is 11.6 Å². The number of anilines is 1. The van der Waals surface area contributed by atoms with Crippen molar-refractivity contribution in [2.24, 2.45) is 11.8 Å². The molecule has 1 spiro atoms. The van der Waals surface area contributed by atoms with Crippen molar-refractivity contribution in [1.29, 1.82) is 0 Å². The number of amides is 3. The minimum absolute atomic E-state index is 0.0769. The molecule has 0 aromatic heterocycles. The molecule has 3 heterocycles. The highest BCUT2D eigenvalue weighted by molar-refractivity contribution is 6.06. The van der Waals surface area contributed by atoms with Gasteiger partial charge in [-0.3, -0.25) is 14.4 Å². The summed E-state index contributed by atoms with van der Waals surface area (Å²) in [6, 6.07) is 13.1. The first-order valence-electron chi connectivity index (χ1n) is 16.7. The number of aliphatic hydroxyl groups excluding tert-OH is 1. The molecule has 2 bridgehead atoms. The fourth-order valence-corrected chi connectivity index (χ4v) is 8.22. The Morgan fingerprint density at radius 2 is 1.73 bits per heavy atom. The Bertz CT molecular complexity index is 1430. The van der Waals surface area contributed by atoms with Gasteiger partial charge in [-0.25, -0.2) is 0 Å². The Hall–Kier alpha value is -3.49. The minimum atomic E-state index is -1.09. The second-order valence-electron chi connectivity index (χ2n) is 12.8.